The van der Waals surface area contributed by atoms with Crippen LogP contribution in [0.25, 0.3) is 21.8 Å². The number of fused-ring (bicyclic) bond motifs is 12. The van der Waals surface area contributed by atoms with Crippen molar-refractivity contribution in [3.8, 4) is 5.75 Å². The monoisotopic (exact) mass is 578 g/mol. The van der Waals surface area contributed by atoms with Crippen LogP contribution < -0.4 is 4.74 Å². The summed E-state index contributed by atoms with van der Waals surface area (Å²) in [4.78, 5) is 22.7. The van der Waals surface area contributed by atoms with Crippen LogP contribution in [0, 0.1) is 0 Å². The van der Waals surface area contributed by atoms with Crippen LogP contribution in [0.1, 0.15) is 68.6 Å². The minimum absolute atomic E-state index is 0.187. The van der Waals surface area contributed by atoms with Crippen molar-refractivity contribution in [3.05, 3.63) is 124 Å². The molecule has 1 unspecified atom stereocenters. The summed E-state index contributed by atoms with van der Waals surface area (Å²) in [7, 11) is 1.74. The van der Waals surface area contributed by atoms with E-state index in [0.29, 0.717) is 6.04 Å². The van der Waals surface area contributed by atoms with Gasteiger partial charge in [0.15, 0.2) is 0 Å². The van der Waals surface area contributed by atoms with Gasteiger partial charge in [0.1, 0.15) is 5.75 Å². The fourth-order valence-electron chi connectivity index (χ4n) is 8.79. The van der Waals surface area contributed by atoms with E-state index >= 15 is 0 Å². The van der Waals surface area contributed by atoms with E-state index < -0.39 is 0 Å². The number of rotatable bonds is 2. The van der Waals surface area contributed by atoms with E-state index in [0.717, 1.165) is 51.2 Å². The van der Waals surface area contributed by atoms with Crippen LogP contribution in [0.2, 0.25) is 0 Å². The maximum absolute atomic E-state index is 5.69. The zero-order valence-electron chi connectivity index (χ0n) is 24.8. The Balaban J connectivity index is 1.04. The molecular weight excluding hydrogens is 544 g/mol. The first-order chi connectivity index (χ1) is 21.7. The van der Waals surface area contributed by atoms with Crippen LogP contribution in [0.3, 0.4) is 0 Å². The van der Waals surface area contributed by atoms with Gasteiger partial charge in [-0.1, -0.05) is 36.4 Å². The molecule has 7 nitrogen and oxygen atoms in total. The number of H-pyrrole nitrogens is 2. The second-order valence-electron chi connectivity index (χ2n) is 13.0. The highest BCUT2D eigenvalue weighted by Crippen LogP contribution is 2.46. The molecule has 0 saturated carbocycles. The van der Waals surface area contributed by atoms with Crippen LogP contribution in [0.4, 0.5) is 0 Å². The molecule has 44 heavy (non-hydrogen) atoms. The molecule has 4 aromatic heterocycles. The number of para-hydroxylation sites is 1. The van der Waals surface area contributed by atoms with E-state index in [1.165, 1.54) is 72.4 Å². The summed E-state index contributed by atoms with van der Waals surface area (Å²) < 4.78 is 5.69. The van der Waals surface area contributed by atoms with E-state index in [1.54, 1.807) is 7.11 Å². The molecule has 0 aliphatic carbocycles. The predicted molar refractivity (Wildman–Crippen MR) is 171 cm³/mol. The molecule has 0 fully saturated rings. The van der Waals surface area contributed by atoms with Crippen molar-refractivity contribution in [2.24, 2.45) is 0 Å². The van der Waals surface area contributed by atoms with Crippen molar-refractivity contribution in [2.45, 2.75) is 50.4 Å². The predicted octanol–water partition coefficient (Wildman–Crippen LogP) is 6.35. The van der Waals surface area contributed by atoms with Gasteiger partial charge in [0.05, 0.1) is 19.0 Å². The topological polar surface area (TPSA) is 73.1 Å². The average molecular weight is 579 g/mol. The Morgan fingerprint density at radius 2 is 1.59 bits per heavy atom. The summed E-state index contributed by atoms with van der Waals surface area (Å²) in [5, 5.41) is 2.70. The van der Waals surface area contributed by atoms with Crippen molar-refractivity contribution in [2.75, 3.05) is 20.2 Å². The number of pyridine rings is 2. The fraction of sp³-hybridized carbons (Fsp3) is 0.297. The molecule has 0 bridgehead atoms. The van der Waals surface area contributed by atoms with Crippen molar-refractivity contribution in [1.82, 2.24) is 29.7 Å². The van der Waals surface area contributed by atoms with Gasteiger partial charge in [0, 0.05) is 95.7 Å². The maximum atomic E-state index is 5.69. The van der Waals surface area contributed by atoms with E-state index in [-0.39, 0.29) is 12.0 Å². The lowest BCUT2D eigenvalue weighted by Gasteiger charge is -2.43. The summed E-state index contributed by atoms with van der Waals surface area (Å²) in [5.41, 5.74) is 14.6. The van der Waals surface area contributed by atoms with Gasteiger partial charge in [-0.05, 0) is 64.9 Å². The summed E-state index contributed by atoms with van der Waals surface area (Å²) in [6, 6.07) is 23.2. The zero-order chi connectivity index (χ0) is 28.9. The molecule has 218 valence electrons. The van der Waals surface area contributed by atoms with E-state index in [2.05, 4.69) is 80.4 Å². The highest BCUT2D eigenvalue weighted by molar-refractivity contribution is 5.86. The van der Waals surface area contributed by atoms with Gasteiger partial charge in [-0.2, -0.15) is 0 Å². The number of hydrogen-bond donors (Lipinski definition) is 2. The Kier molecular flexibility index (Phi) is 5.25. The normalized spacial score (nSPS) is 22.5. The van der Waals surface area contributed by atoms with Gasteiger partial charge in [0.2, 0.25) is 0 Å². The lowest BCUT2D eigenvalue weighted by atomic mass is 9.80. The number of nitrogens with zero attached hydrogens (tertiary/aromatic N) is 4. The molecule has 4 aliphatic rings. The minimum atomic E-state index is 0.187. The standard InChI is InChI=1S/C37H34N6O/c1-44-22-14-28-36-16-26-23-5-2-3-7-31(23)40-34(26)20-43(36)18-29(37(28)39-17-22)21-8-9-24-27-15-35-25-6-4-11-38-30(25)10-12-42(35)19-33(27)41-32(24)13-21/h2-9,11,13-14,17,29,35-36,40-41H,10,12,15-16,18-20H2,1H3/t29?,35-,36-/m0/s1. The highest BCUT2D eigenvalue weighted by Gasteiger charge is 2.40. The van der Waals surface area contributed by atoms with Crippen molar-refractivity contribution >= 4 is 21.8 Å². The Hall–Kier alpha value is -4.46. The third-order valence-corrected chi connectivity index (χ3v) is 10.9. The van der Waals surface area contributed by atoms with Crippen molar-refractivity contribution in [1.29, 1.82) is 0 Å². The number of benzene rings is 2. The van der Waals surface area contributed by atoms with Crippen LogP contribution in [0.15, 0.2) is 73.1 Å². The molecule has 2 N–H and O–H groups in total. The SMILES string of the molecule is COc1cnc2c(c1)[C@@H]1Cc3c([nH]c4ccccc34)CN1CC2c1ccc2c3c([nH]c2c1)CN1CCc2ncccc2[C@@H]1C3. The average Bonchev–Trinajstić information content (AvgIpc) is 3.62. The number of nitrogens with one attached hydrogen (secondary N) is 2. The first-order valence-electron chi connectivity index (χ1n) is 15.9. The molecule has 10 rings (SSSR count). The summed E-state index contributed by atoms with van der Waals surface area (Å²) in [6.07, 6.45) is 6.88. The third kappa shape index (κ3) is 3.57. The molecule has 7 heteroatoms. The largest absolute Gasteiger partial charge is 0.495 e. The van der Waals surface area contributed by atoms with Crippen LogP contribution in [-0.4, -0.2) is 49.9 Å². The first kappa shape index (κ1) is 24.9. The maximum Gasteiger partial charge on any atom is 0.137 e. The van der Waals surface area contributed by atoms with E-state index in [1.807, 2.05) is 12.4 Å². The zero-order valence-corrected chi connectivity index (χ0v) is 24.8. The quantitative estimate of drug-likeness (QED) is 0.251. The summed E-state index contributed by atoms with van der Waals surface area (Å²) in [5.74, 6) is 1.02. The summed E-state index contributed by atoms with van der Waals surface area (Å²) >= 11 is 0. The lowest BCUT2D eigenvalue weighted by molar-refractivity contribution is 0.148. The molecule has 6 aromatic rings. The first-order valence-corrected chi connectivity index (χ1v) is 15.9. The van der Waals surface area contributed by atoms with Crippen LogP contribution in [0.5, 0.6) is 5.75 Å². The number of hydrogen-bond acceptors (Lipinski definition) is 5. The minimum Gasteiger partial charge on any atom is -0.495 e. The number of aromatic amines is 2. The second kappa shape index (κ2) is 9.27. The Bertz CT molecular complexity index is 2110. The van der Waals surface area contributed by atoms with Gasteiger partial charge in [0.25, 0.3) is 0 Å². The van der Waals surface area contributed by atoms with E-state index in [9.17, 15) is 0 Å². The Labute approximate surface area is 255 Å². The highest BCUT2D eigenvalue weighted by atomic mass is 16.5. The Morgan fingerprint density at radius 3 is 2.48 bits per heavy atom. The molecule has 0 amide bonds. The van der Waals surface area contributed by atoms with Crippen molar-refractivity contribution in [3.63, 3.8) is 0 Å². The molecule has 0 saturated heterocycles. The lowest BCUT2D eigenvalue weighted by Crippen LogP contribution is -2.42. The van der Waals surface area contributed by atoms with Crippen LogP contribution >= 0.6 is 0 Å². The molecule has 4 aliphatic heterocycles. The molecule has 3 atom stereocenters. The van der Waals surface area contributed by atoms with Gasteiger partial charge in [-0.25, -0.2) is 0 Å². The third-order valence-electron chi connectivity index (χ3n) is 10.9. The van der Waals surface area contributed by atoms with Crippen molar-refractivity contribution < 1.29 is 4.74 Å². The van der Waals surface area contributed by atoms with E-state index in [4.69, 9.17) is 14.7 Å². The summed E-state index contributed by atoms with van der Waals surface area (Å²) in [6.45, 7) is 3.89. The molecule has 8 heterocycles. The molecular formula is C37H34N6O. The van der Waals surface area contributed by atoms with Crippen LogP contribution in [-0.2, 0) is 32.4 Å². The second-order valence-corrected chi connectivity index (χ2v) is 13.0. The van der Waals surface area contributed by atoms with Gasteiger partial charge >= 0.3 is 0 Å². The molecule has 0 radical (unpaired) electrons. The fourth-order valence-corrected chi connectivity index (χ4v) is 8.79. The van der Waals surface area contributed by atoms with Gasteiger partial charge in [-0.3, -0.25) is 19.8 Å². The number of methoxy groups -OCH3 is 1. The number of ether oxygens (including phenoxy) is 1. The molecule has 2 aromatic carbocycles. The van der Waals surface area contributed by atoms with Gasteiger partial charge in [-0.15, -0.1) is 0 Å². The molecule has 0 spiro atoms. The smallest absolute Gasteiger partial charge is 0.137 e. The van der Waals surface area contributed by atoms with Gasteiger partial charge < -0.3 is 14.7 Å². The Morgan fingerprint density at radius 1 is 0.795 bits per heavy atom. The number of aromatic nitrogens is 4.